The van der Waals surface area contributed by atoms with Gasteiger partial charge in [0.25, 0.3) is 5.56 Å². The summed E-state index contributed by atoms with van der Waals surface area (Å²) in [4.78, 5) is 15.2. The Bertz CT molecular complexity index is 976. The van der Waals surface area contributed by atoms with Crippen LogP contribution in [0.4, 0.5) is 0 Å². The van der Waals surface area contributed by atoms with Crippen LogP contribution in [0.3, 0.4) is 0 Å². The van der Waals surface area contributed by atoms with Crippen LogP contribution in [-0.2, 0) is 6.54 Å². The fraction of sp³-hybridized carbons (Fsp3) is 0.300. The van der Waals surface area contributed by atoms with E-state index in [1.54, 1.807) is 4.68 Å². The number of rotatable bonds is 5. The third-order valence-electron chi connectivity index (χ3n) is 4.98. The molecule has 0 aliphatic heterocycles. The minimum absolute atomic E-state index is 0. The lowest BCUT2D eigenvalue weighted by Crippen LogP contribution is -2.32. The molecule has 5 heteroatoms. The third kappa shape index (κ3) is 2.75. The van der Waals surface area contributed by atoms with Crippen LogP contribution in [0, 0.1) is 0 Å². The van der Waals surface area contributed by atoms with Crippen LogP contribution >= 0.6 is 12.4 Å². The summed E-state index contributed by atoms with van der Waals surface area (Å²) in [6.45, 7) is 7.71. The Balaban J connectivity index is 0.00000182. The van der Waals surface area contributed by atoms with Gasteiger partial charge in [-0.25, -0.2) is 4.68 Å². The summed E-state index contributed by atoms with van der Waals surface area (Å²) in [5.74, 6) is 0. The lowest BCUT2D eigenvalue weighted by atomic mass is 10.0. The minimum Gasteiger partial charge on any atom is -0.302 e. The third-order valence-corrected chi connectivity index (χ3v) is 4.98. The first-order chi connectivity index (χ1) is 11.7. The topological polar surface area (TPSA) is 38.1 Å². The Morgan fingerprint density at radius 1 is 0.960 bits per heavy atom. The van der Waals surface area contributed by atoms with E-state index in [9.17, 15) is 4.79 Å². The van der Waals surface area contributed by atoms with E-state index in [0.717, 1.165) is 47.2 Å². The summed E-state index contributed by atoms with van der Waals surface area (Å²) < 4.78 is 1.64. The molecule has 3 aromatic rings. The molecule has 0 saturated carbocycles. The van der Waals surface area contributed by atoms with Gasteiger partial charge in [-0.15, -0.1) is 12.4 Å². The molecule has 1 aliphatic rings. The maximum atomic E-state index is 12.9. The zero-order chi connectivity index (χ0) is 16.7. The molecule has 0 amide bonds. The fourth-order valence-corrected chi connectivity index (χ4v) is 3.61. The number of hydrogen-bond acceptors (Lipinski definition) is 3. The van der Waals surface area contributed by atoms with Gasteiger partial charge >= 0.3 is 0 Å². The van der Waals surface area contributed by atoms with Crippen LogP contribution in [0.15, 0.2) is 47.3 Å². The van der Waals surface area contributed by atoms with Crippen LogP contribution in [0.5, 0.6) is 0 Å². The quantitative estimate of drug-likeness (QED) is 0.546. The lowest BCUT2D eigenvalue weighted by molar-refractivity contribution is 0.283. The Labute approximate surface area is 153 Å². The summed E-state index contributed by atoms with van der Waals surface area (Å²) in [6, 6.07) is 14.2. The number of nitrogens with zero attached hydrogens (tertiary/aromatic N) is 3. The van der Waals surface area contributed by atoms with Gasteiger partial charge in [0.1, 0.15) is 5.69 Å². The van der Waals surface area contributed by atoms with E-state index in [-0.39, 0.29) is 18.0 Å². The molecule has 0 N–H and O–H groups in total. The fourth-order valence-electron chi connectivity index (χ4n) is 3.61. The van der Waals surface area contributed by atoms with Crippen molar-refractivity contribution >= 4 is 23.2 Å². The van der Waals surface area contributed by atoms with Crippen molar-refractivity contribution in [3.8, 4) is 22.4 Å². The molecule has 1 heterocycles. The van der Waals surface area contributed by atoms with Crippen LogP contribution in [0.2, 0.25) is 0 Å². The van der Waals surface area contributed by atoms with Gasteiger partial charge in [-0.2, -0.15) is 5.10 Å². The summed E-state index contributed by atoms with van der Waals surface area (Å²) in [5.41, 5.74) is 4.37. The van der Waals surface area contributed by atoms with E-state index in [1.165, 1.54) is 5.56 Å². The Morgan fingerprint density at radius 2 is 1.64 bits per heavy atom. The highest BCUT2D eigenvalue weighted by Crippen LogP contribution is 2.44. The van der Waals surface area contributed by atoms with Crippen LogP contribution in [0.25, 0.3) is 33.2 Å². The molecule has 0 radical (unpaired) electrons. The predicted octanol–water partition coefficient (Wildman–Crippen LogP) is 3.81. The molecule has 0 unspecified atom stereocenters. The molecule has 130 valence electrons. The van der Waals surface area contributed by atoms with E-state index >= 15 is 0 Å². The molecule has 0 saturated heterocycles. The smallest absolute Gasteiger partial charge is 0.274 e. The summed E-state index contributed by atoms with van der Waals surface area (Å²) >= 11 is 0. The Kier molecular flexibility index (Phi) is 4.93. The maximum absolute atomic E-state index is 12.9. The SMILES string of the molecule is CCN(CC)CCn1nc2c3c(cccc3c1=O)-c1ccccc1-2.Cl. The second kappa shape index (κ2) is 6.98. The van der Waals surface area contributed by atoms with Crippen LogP contribution < -0.4 is 5.56 Å². The summed E-state index contributed by atoms with van der Waals surface area (Å²) in [6.07, 6.45) is 0. The average molecular weight is 356 g/mol. The second-order valence-electron chi connectivity index (χ2n) is 6.18. The van der Waals surface area contributed by atoms with Gasteiger partial charge in [0.2, 0.25) is 0 Å². The van der Waals surface area contributed by atoms with Crippen LogP contribution in [-0.4, -0.2) is 34.3 Å². The number of likely N-dealkylation sites (N-methyl/N-ethyl adjacent to an activating group) is 1. The van der Waals surface area contributed by atoms with Crippen molar-refractivity contribution in [1.29, 1.82) is 0 Å². The Morgan fingerprint density at radius 3 is 2.36 bits per heavy atom. The van der Waals surface area contributed by atoms with Gasteiger partial charge in [0.05, 0.1) is 11.9 Å². The number of fused-ring (bicyclic) bond motifs is 3. The highest BCUT2D eigenvalue weighted by molar-refractivity contribution is 6.13. The van der Waals surface area contributed by atoms with Crippen molar-refractivity contribution in [1.82, 2.24) is 14.7 Å². The molecule has 25 heavy (non-hydrogen) atoms. The summed E-state index contributed by atoms with van der Waals surface area (Å²) in [7, 11) is 0. The highest BCUT2D eigenvalue weighted by Gasteiger charge is 2.24. The molecular weight excluding hydrogens is 334 g/mol. The molecule has 0 fully saturated rings. The summed E-state index contributed by atoms with van der Waals surface area (Å²) in [5, 5.41) is 6.50. The standard InChI is InChI=1S/C20H21N3O.ClH/c1-3-22(4-2)12-13-23-20(24)17-11-7-10-15-14-8-5-6-9-16(14)19(21-23)18(15)17;/h5-11H,3-4,12-13H2,1-2H3;1H. The molecule has 4 nitrogen and oxygen atoms in total. The van der Waals surface area contributed by atoms with Gasteiger partial charge in [-0.3, -0.25) is 4.79 Å². The van der Waals surface area contributed by atoms with Gasteiger partial charge in [-0.1, -0.05) is 50.2 Å². The first-order valence-electron chi connectivity index (χ1n) is 8.60. The van der Waals surface area contributed by atoms with E-state index in [4.69, 9.17) is 5.10 Å². The first kappa shape index (κ1) is 17.6. The molecule has 0 bridgehead atoms. The number of benzene rings is 2. The van der Waals surface area contributed by atoms with Gasteiger partial charge in [-0.05, 0) is 30.3 Å². The average Bonchev–Trinajstić information content (AvgIpc) is 2.95. The second-order valence-corrected chi connectivity index (χ2v) is 6.18. The number of hydrogen-bond donors (Lipinski definition) is 0. The minimum atomic E-state index is 0. The van der Waals surface area contributed by atoms with Gasteiger partial charge < -0.3 is 4.90 Å². The Hall–Kier alpha value is -2.17. The molecule has 4 rings (SSSR count). The van der Waals surface area contributed by atoms with E-state index in [1.807, 2.05) is 24.3 Å². The number of aromatic nitrogens is 2. The van der Waals surface area contributed by atoms with Gasteiger partial charge in [0, 0.05) is 17.5 Å². The van der Waals surface area contributed by atoms with Crippen molar-refractivity contribution in [2.45, 2.75) is 20.4 Å². The monoisotopic (exact) mass is 355 g/mol. The lowest BCUT2D eigenvalue weighted by Gasteiger charge is -2.18. The zero-order valence-corrected chi connectivity index (χ0v) is 15.3. The van der Waals surface area contributed by atoms with Crippen molar-refractivity contribution in [2.24, 2.45) is 0 Å². The van der Waals surface area contributed by atoms with E-state index in [0.29, 0.717) is 6.54 Å². The van der Waals surface area contributed by atoms with Crippen LogP contribution in [0.1, 0.15) is 13.8 Å². The molecule has 1 aromatic heterocycles. The molecular formula is C20H22ClN3O. The van der Waals surface area contributed by atoms with Crippen molar-refractivity contribution < 1.29 is 0 Å². The zero-order valence-electron chi connectivity index (χ0n) is 14.5. The maximum Gasteiger partial charge on any atom is 0.274 e. The van der Waals surface area contributed by atoms with E-state index < -0.39 is 0 Å². The number of halogens is 1. The largest absolute Gasteiger partial charge is 0.302 e. The van der Waals surface area contributed by atoms with E-state index in [2.05, 4.69) is 36.9 Å². The molecule has 1 aliphatic carbocycles. The van der Waals surface area contributed by atoms with Crippen molar-refractivity contribution in [2.75, 3.05) is 19.6 Å². The highest BCUT2D eigenvalue weighted by atomic mass is 35.5. The van der Waals surface area contributed by atoms with Crippen molar-refractivity contribution in [3.05, 3.63) is 52.8 Å². The van der Waals surface area contributed by atoms with Crippen molar-refractivity contribution in [3.63, 3.8) is 0 Å². The molecule has 2 aromatic carbocycles. The van der Waals surface area contributed by atoms with Gasteiger partial charge in [0.15, 0.2) is 0 Å². The normalized spacial score (nSPS) is 11.6. The predicted molar refractivity (Wildman–Crippen MR) is 105 cm³/mol. The molecule has 0 atom stereocenters. The molecule has 0 spiro atoms. The first-order valence-corrected chi connectivity index (χ1v) is 8.60.